The molecule has 3 saturated heterocycles. The topological polar surface area (TPSA) is 16.1 Å². The Bertz CT molecular complexity index is 310. The maximum absolute atomic E-state index is 4.22. The van der Waals surface area contributed by atoms with Crippen molar-refractivity contribution in [1.82, 2.24) is 9.88 Å². The fourth-order valence-electron chi connectivity index (χ4n) is 2.89. The third kappa shape index (κ3) is 2.50. The molecule has 0 aromatic carbocycles. The molecule has 0 saturated carbocycles. The van der Waals surface area contributed by atoms with Crippen LogP contribution >= 0.6 is 24.8 Å². The van der Waals surface area contributed by atoms with Crippen molar-refractivity contribution < 1.29 is 0 Å². The average molecular weight is 261 g/mol. The summed E-state index contributed by atoms with van der Waals surface area (Å²) in [7, 11) is 0. The molecule has 3 fully saturated rings. The van der Waals surface area contributed by atoms with Crippen molar-refractivity contribution in [3.8, 4) is 0 Å². The number of halogens is 2. The van der Waals surface area contributed by atoms with E-state index in [0.29, 0.717) is 6.04 Å². The van der Waals surface area contributed by atoms with Gasteiger partial charge < -0.3 is 0 Å². The lowest BCUT2D eigenvalue weighted by molar-refractivity contribution is 0.0489. The molecule has 1 aromatic rings. The first-order valence-electron chi connectivity index (χ1n) is 5.57. The zero-order chi connectivity index (χ0) is 9.38. The number of piperidine rings is 3. The van der Waals surface area contributed by atoms with Crippen LogP contribution in [-0.2, 0) is 0 Å². The second-order valence-corrected chi connectivity index (χ2v) is 4.52. The molecule has 4 rings (SSSR count). The summed E-state index contributed by atoms with van der Waals surface area (Å²) in [6, 6.07) is 4.94. The first-order valence-corrected chi connectivity index (χ1v) is 5.57. The first kappa shape index (κ1) is 13.8. The Kier molecular flexibility index (Phi) is 5.03. The van der Waals surface area contributed by atoms with Crippen molar-refractivity contribution in [3.63, 3.8) is 0 Å². The van der Waals surface area contributed by atoms with Gasteiger partial charge in [-0.2, -0.15) is 0 Å². The maximum Gasteiger partial charge on any atom is 0.0366 e. The summed E-state index contributed by atoms with van der Waals surface area (Å²) in [4.78, 5) is 6.84. The van der Waals surface area contributed by atoms with E-state index in [-0.39, 0.29) is 24.8 Å². The molecule has 0 aliphatic carbocycles. The fraction of sp³-hybridized carbons (Fsp3) is 0.583. The highest BCUT2D eigenvalue weighted by atomic mass is 35.5. The molecule has 0 amide bonds. The van der Waals surface area contributed by atoms with Gasteiger partial charge in [-0.15, -0.1) is 24.8 Å². The summed E-state index contributed by atoms with van der Waals surface area (Å²) in [5.41, 5.74) is 1.41. The number of fused-ring (bicyclic) bond motifs is 3. The van der Waals surface area contributed by atoms with Gasteiger partial charge in [0.25, 0.3) is 0 Å². The summed E-state index contributed by atoms with van der Waals surface area (Å²) >= 11 is 0. The van der Waals surface area contributed by atoms with Crippen LogP contribution in [0, 0.1) is 5.92 Å². The molecule has 0 radical (unpaired) electrons. The summed E-state index contributed by atoms with van der Waals surface area (Å²) in [5, 5.41) is 0. The van der Waals surface area contributed by atoms with E-state index in [4.69, 9.17) is 0 Å². The number of hydrogen-bond acceptors (Lipinski definition) is 2. The van der Waals surface area contributed by atoms with Crippen LogP contribution in [-0.4, -0.2) is 23.0 Å². The van der Waals surface area contributed by atoms with E-state index < -0.39 is 0 Å². The van der Waals surface area contributed by atoms with E-state index in [2.05, 4.69) is 22.0 Å². The zero-order valence-electron chi connectivity index (χ0n) is 9.21. The van der Waals surface area contributed by atoms with Crippen LogP contribution in [0.2, 0.25) is 0 Å². The number of hydrogen-bond donors (Lipinski definition) is 0. The molecule has 4 heteroatoms. The highest BCUT2D eigenvalue weighted by molar-refractivity contribution is 5.85. The molecule has 4 heterocycles. The molecule has 16 heavy (non-hydrogen) atoms. The second kappa shape index (κ2) is 5.85. The van der Waals surface area contributed by atoms with Crippen molar-refractivity contribution >= 4 is 24.8 Å². The van der Waals surface area contributed by atoms with E-state index in [1.807, 2.05) is 12.4 Å². The van der Waals surface area contributed by atoms with E-state index in [1.165, 1.54) is 37.9 Å². The normalized spacial score (nSPS) is 31.4. The number of pyridine rings is 1. The Labute approximate surface area is 109 Å². The molecule has 1 atom stereocenters. The van der Waals surface area contributed by atoms with E-state index in [1.54, 1.807) is 0 Å². The molecular weight excluding hydrogens is 243 g/mol. The highest BCUT2D eigenvalue weighted by Crippen LogP contribution is 2.39. The molecule has 3 aliphatic heterocycles. The lowest BCUT2D eigenvalue weighted by Gasteiger charge is -2.45. The van der Waals surface area contributed by atoms with Crippen molar-refractivity contribution in [1.29, 1.82) is 0 Å². The minimum atomic E-state index is 0. The zero-order valence-corrected chi connectivity index (χ0v) is 10.8. The van der Waals surface area contributed by atoms with Gasteiger partial charge in [-0.1, -0.05) is 6.07 Å². The van der Waals surface area contributed by atoms with E-state index >= 15 is 0 Å². The minimum absolute atomic E-state index is 0. The molecule has 2 bridgehead atoms. The van der Waals surface area contributed by atoms with Gasteiger partial charge in [0.05, 0.1) is 0 Å². The SMILES string of the molecule is Cl.Cl.c1cncc([C@@H]2CC3CCN2CC3)c1. The van der Waals surface area contributed by atoms with Gasteiger partial charge >= 0.3 is 0 Å². The van der Waals surface area contributed by atoms with Crippen LogP contribution in [0.1, 0.15) is 30.9 Å². The largest absolute Gasteiger partial charge is 0.296 e. The Balaban J connectivity index is 0.000000640. The van der Waals surface area contributed by atoms with Crippen LogP contribution in [0.3, 0.4) is 0 Å². The van der Waals surface area contributed by atoms with Gasteiger partial charge in [0.2, 0.25) is 0 Å². The summed E-state index contributed by atoms with van der Waals surface area (Å²) in [6.45, 7) is 2.59. The van der Waals surface area contributed by atoms with Gasteiger partial charge in [-0.3, -0.25) is 9.88 Å². The molecule has 90 valence electrons. The summed E-state index contributed by atoms with van der Waals surface area (Å²) < 4.78 is 0. The number of nitrogens with zero attached hydrogens (tertiary/aromatic N) is 2. The van der Waals surface area contributed by atoms with Crippen LogP contribution in [0.4, 0.5) is 0 Å². The van der Waals surface area contributed by atoms with Crippen molar-refractivity contribution in [2.24, 2.45) is 5.92 Å². The minimum Gasteiger partial charge on any atom is -0.296 e. The standard InChI is InChI=1S/C12H16N2.2ClH/c1-2-11(9-13-5-1)12-8-10-3-6-14(12)7-4-10;;/h1-2,5,9-10,12H,3-4,6-8H2;2*1H/t12-;;/m0../s1. The van der Waals surface area contributed by atoms with Crippen LogP contribution < -0.4 is 0 Å². The van der Waals surface area contributed by atoms with Crippen LogP contribution in [0.5, 0.6) is 0 Å². The molecular formula is C12H18Cl2N2. The lowest BCUT2D eigenvalue weighted by Crippen LogP contribution is -2.43. The summed E-state index contributed by atoms with van der Waals surface area (Å²) in [6.07, 6.45) is 8.07. The smallest absolute Gasteiger partial charge is 0.0366 e. The van der Waals surface area contributed by atoms with E-state index in [0.717, 1.165) is 5.92 Å². The Hall–Kier alpha value is -0.310. The Morgan fingerprint density at radius 1 is 1.19 bits per heavy atom. The monoisotopic (exact) mass is 260 g/mol. The van der Waals surface area contributed by atoms with Gasteiger partial charge in [0, 0.05) is 18.4 Å². The van der Waals surface area contributed by atoms with Crippen LogP contribution in [0.25, 0.3) is 0 Å². The summed E-state index contributed by atoms with van der Waals surface area (Å²) in [5.74, 6) is 0.977. The van der Waals surface area contributed by atoms with Gasteiger partial charge in [0.1, 0.15) is 0 Å². The third-order valence-electron chi connectivity index (χ3n) is 3.72. The maximum atomic E-state index is 4.22. The highest BCUT2D eigenvalue weighted by Gasteiger charge is 2.34. The van der Waals surface area contributed by atoms with E-state index in [9.17, 15) is 0 Å². The second-order valence-electron chi connectivity index (χ2n) is 4.52. The predicted molar refractivity (Wildman–Crippen MR) is 70.4 cm³/mol. The molecule has 0 N–H and O–H groups in total. The van der Waals surface area contributed by atoms with Crippen LogP contribution in [0.15, 0.2) is 24.5 Å². The fourth-order valence-corrected chi connectivity index (χ4v) is 2.89. The molecule has 3 aliphatic rings. The van der Waals surface area contributed by atoms with Gasteiger partial charge in [-0.05, 0) is 49.9 Å². The quantitative estimate of drug-likeness (QED) is 0.772. The van der Waals surface area contributed by atoms with Crippen molar-refractivity contribution in [2.45, 2.75) is 25.3 Å². The molecule has 0 spiro atoms. The van der Waals surface area contributed by atoms with Gasteiger partial charge in [-0.25, -0.2) is 0 Å². The number of rotatable bonds is 1. The number of aromatic nitrogens is 1. The average Bonchev–Trinajstić information content (AvgIpc) is 2.32. The lowest BCUT2D eigenvalue weighted by atomic mass is 9.81. The first-order chi connectivity index (χ1) is 6.93. The Morgan fingerprint density at radius 2 is 1.94 bits per heavy atom. The Morgan fingerprint density at radius 3 is 2.44 bits per heavy atom. The van der Waals surface area contributed by atoms with Gasteiger partial charge in [0.15, 0.2) is 0 Å². The molecule has 0 unspecified atom stereocenters. The third-order valence-corrected chi connectivity index (χ3v) is 3.72. The van der Waals surface area contributed by atoms with Crippen molar-refractivity contribution in [2.75, 3.05) is 13.1 Å². The molecule has 1 aromatic heterocycles. The predicted octanol–water partition coefficient (Wildman–Crippen LogP) is 3.08. The molecule has 2 nitrogen and oxygen atoms in total. The van der Waals surface area contributed by atoms with Crippen molar-refractivity contribution in [3.05, 3.63) is 30.1 Å².